The van der Waals surface area contributed by atoms with Gasteiger partial charge in [-0.2, -0.15) is 0 Å². The average Bonchev–Trinajstić information content (AvgIpc) is 2.22. The molecule has 0 bridgehead atoms. The third-order valence-corrected chi connectivity index (χ3v) is 4.53. The van der Waals surface area contributed by atoms with Crippen LogP contribution in [-0.4, -0.2) is 42.3 Å². The van der Waals surface area contributed by atoms with Crippen LogP contribution in [0.1, 0.15) is 67.7 Å². The van der Waals surface area contributed by atoms with E-state index in [1.807, 2.05) is 0 Å². The third-order valence-electron chi connectivity index (χ3n) is 4.53. The SMILES string of the molecule is CC1(C)CN(CCCC(CCN)C(C)(C)C)CC(C)(C)O1. The first-order valence-electron chi connectivity index (χ1n) is 8.58. The summed E-state index contributed by atoms with van der Waals surface area (Å²) < 4.78 is 6.15. The Kier molecular flexibility index (Phi) is 6.28. The van der Waals surface area contributed by atoms with Gasteiger partial charge in [0, 0.05) is 13.1 Å². The topological polar surface area (TPSA) is 38.5 Å². The second kappa shape index (κ2) is 6.97. The molecule has 1 fully saturated rings. The molecule has 1 atom stereocenters. The standard InChI is InChI=1S/C18H38N2O/c1-16(2,3)15(10-11-19)9-8-12-20-13-17(4,5)21-18(6,7)14-20/h15H,8-14,19H2,1-7H3. The second-order valence-corrected chi connectivity index (χ2v) is 9.11. The van der Waals surface area contributed by atoms with Crippen LogP contribution < -0.4 is 5.73 Å². The van der Waals surface area contributed by atoms with Gasteiger partial charge < -0.3 is 10.5 Å². The van der Waals surface area contributed by atoms with Crippen molar-refractivity contribution in [3.8, 4) is 0 Å². The van der Waals surface area contributed by atoms with E-state index in [1.165, 1.54) is 19.4 Å². The fourth-order valence-corrected chi connectivity index (χ4v) is 3.88. The van der Waals surface area contributed by atoms with E-state index in [1.54, 1.807) is 0 Å². The highest BCUT2D eigenvalue weighted by molar-refractivity contribution is 4.89. The Bertz CT molecular complexity index is 302. The molecule has 1 rings (SSSR count). The first kappa shape index (κ1) is 18.9. The van der Waals surface area contributed by atoms with E-state index >= 15 is 0 Å². The number of ether oxygens (including phenoxy) is 1. The van der Waals surface area contributed by atoms with Gasteiger partial charge in [-0.15, -0.1) is 0 Å². The van der Waals surface area contributed by atoms with Crippen molar-refractivity contribution in [3.05, 3.63) is 0 Å². The monoisotopic (exact) mass is 298 g/mol. The summed E-state index contributed by atoms with van der Waals surface area (Å²) in [5, 5.41) is 0. The summed E-state index contributed by atoms with van der Waals surface area (Å²) in [6.45, 7) is 19.9. The lowest BCUT2D eigenvalue weighted by molar-refractivity contribution is -0.180. The van der Waals surface area contributed by atoms with Gasteiger partial charge >= 0.3 is 0 Å². The Labute approximate surface area is 132 Å². The maximum absolute atomic E-state index is 6.15. The van der Waals surface area contributed by atoms with Crippen LogP contribution >= 0.6 is 0 Å². The molecule has 3 nitrogen and oxygen atoms in total. The maximum Gasteiger partial charge on any atom is 0.0760 e. The average molecular weight is 299 g/mol. The van der Waals surface area contributed by atoms with Crippen LogP contribution in [0.5, 0.6) is 0 Å². The van der Waals surface area contributed by atoms with Crippen molar-refractivity contribution in [2.45, 2.75) is 78.9 Å². The molecule has 2 N–H and O–H groups in total. The summed E-state index contributed by atoms with van der Waals surface area (Å²) in [7, 11) is 0. The quantitative estimate of drug-likeness (QED) is 0.813. The number of nitrogens with zero attached hydrogens (tertiary/aromatic N) is 1. The Hall–Kier alpha value is -0.120. The summed E-state index contributed by atoms with van der Waals surface area (Å²) in [5.74, 6) is 0.726. The Balaban J connectivity index is 2.47. The molecular weight excluding hydrogens is 260 g/mol. The highest BCUT2D eigenvalue weighted by Gasteiger charge is 2.37. The number of morpholine rings is 1. The lowest BCUT2D eigenvalue weighted by Crippen LogP contribution is -2.57. The van der Waals surface area contributed by atoms with Crippen molar-refractivity contribution in [3.63, 3.8) is 0 Å². The lowest BCUT2D eigenvalue weighted by atomic mass is 9.76. The molecule has 1 saturated heterocycles. The molecule has 1 unspecified atom stereocenters. The molecule has 0 amide bonds. The first-order valence-corrected chi connectivity index (χ1v) is 8.58. The highest BCUT2D eigenvalue weighted by atomic mass is 16.5. The van der Waals surface area contributed by atoms with E-state index in [4.69, 9.17) is 10.5 Å². The molecule has 0 radical (unpaired) electrons. The molecule has 1 aliphatic heterocycles. The Morgan fingerprint density at radius 2 is 1.57 bits per heavy atom. The molecule has 0 aromatic rings. The molecule has 0 aromatic carbocycles. The van der Waals surface area contributed by atoms with Gasteiger partial charge in [0.25, 0.3) is 0 Å². The van der Waals surface area contributed by atoms with Gasteiger partial charge in [-0.1, -0.05) is 20.8 Å². The normalized spacial score (nSPS) is 24.0. The summed E-state index contributed by atoms with van der Waals surface area (Å²) in [6, 6.07) is 0. The molecule has 0 aromatic heterocycles. The van der Waals surface area contributed by atoms with Crippen LogP contribution in [0.4, 0.5) is 0 Å². The van der Waals surface area contributed by atoms with Gasteiger partial charge in [0.1, 0.15) is 0 Å². The molecule has 126 valence electrons. The zero-order valence-electron chi connectivity index (χ0n) is 15.5. The number of nitrogens with two attached hydrogens (primary N) is 1. The minimum Gasteiger partial charge on any atom is -0.367 e. The third kappa shape index (κ3) is 6.66. The van der Waals surface area contributed by atoms with Crippen molar-refractivity contribution in [2.24, 2.45) is 17.1 Å². The van der Waals surface area contributed by atoms with E-state index in [-0.39, 0.29) is 11.2 Å². The number of hydrogen-bond acceptors (Lipinski definition) is 3. The largest absolute Gasteiger partial charge is 0.367 e. The van der Waals surface area contributed by atoms with Crippen LogP contribution in [0.2, 0.25) is 0 Å². The van der Waals surface area contributed by atoms with E-state index < -0.39 is 0 Å². The van der Waals surface area contributed by atoms with Crippen LogP contribution in [0.15, 0.2) is 0 Å². The molecule has 3 heteroatoms. The van der Waals surface area contributed by atoms with Crippen LogP contribution in [0.25, 0.3) is 0 Å². The molecule has 1 heterocycles. The minimum absolute atomic E-state index is 0.0392. The van der Waals surface area contributed by atoms with E-state index in [9.17, 15) is 0 Å². The Morgan fingerprint density at radius 3 is 2.00 bits per heavy atom. The van der Waals surface area contributed by atoms with E-state index in [0.29, 0.717) is 5.41 Å². The summed E-state index contributed by atoms with van der Waals surface area (Å²) in [4.78, 5) is 2.58. The molecule has 0 saturated carbocycles. The zero-order valence-corrected chi connectivity index (χ0v) is 15.5. The van der Waals surface area contributed by atoms with Crippen molar-refractivity contribution in [2.75, 3.05) is 26.2 Å². The lowest BCUT2D eigenvalue weighted by Gasteiger charge is -2.47. The molecule has 0 aliphatic carbocycles. The molecule has 21 heavy (non-hydrogen) atoms. The van der Waals surface area contributed by atoms with Gasteiger partial charge in [-0.05, 0) is 71.4 Å². The molecular formula is C18H38N2O. The van der Waals surface area contributed by atoms with Gasteiger partial charge in [0.05, 0.1) is 11.2 Å². The number of rotatable bonds is 6. The van der Waals surface area contributed by atoms with Crippen molar-refractivity contribution < 1.29 is 4.74 Å². The summed E-state index contributed by atoms with van der Waals surface area (Å²) in [6.07, 6.45) is 3.68. The first-order chi connectivity index (χ1) is 9.45. The smallest absolute Gasteiger partial charge is 0.0760 e. The fourth-order valence-electron chi connectivity index (χ4n) is 3.88. The van der Waals surface area contributed by atoms with Crippen LogP contribution in [-0.2, 0) is 4.74 Å². The number of hydrogen-bond donors (Lipinski definition) is 1. The predicted octanol–water partition coefficient (Wildman–Crippen LogP) is 3.67. The summed E-state index contributed by atoms with van der Waals surface area (Å²) in [5.41, 5.74) is 6.07. The van der Waals surface area contributed by atoms with E-state index in [2.05, 4.69) is 53.4 Å². The van der Waals surface area contributed by atoms with Gasteiger partial charge in [-0.3, -0.25) is 4.90 Å². The fraction of sp³-hybridized carbons (Fsp3) is 1.00. The van der Waals surface area contributed by atoms with Gasteiger partial charge in [0.15, 0.2) is 0 Å². The van der Waals surface area contributed by atoms with E-state index in [0.717, 1.165) is 32.0 Å². The summed E-state index contributed by atoms with van der Waals surface area (Å²) >= 11 is 0. The second-order valence-electron chi connectivity index (χ2n) is 9.11. The van der Waals surface area contributed by atoms with Crippen molar-refractivity contribution in [1.29, 1.82) is 0 Å². The van der Waals surface area contributed by atoms with Crippen LogP contribution in [0.3, 0.4) is 0 Å². The molecule has 0 spiro atoms. The maximum atomic E-state index is 6.15. The van der Waals surface area contributed by atoms with Gasteiger partial charge in [-0.25, -0.2) is 0 Å². The van der Waals surface area contributed by atoms with Crippen molar-refractivity contribution >= 4 is 0 Å². The van der Waals surface area contributed by atoms with Gasteiger partial charge in [0.2, 0.25) is 0 Å². The van der Waals surface area contributed by atoms with Crippen molar-refractivity contribution in [1.82, 2.24) is 4.90 Å². The Morgan fingerprint density at radius 1 is 1.05 bits per heavy atom. The van der Waals surface area contributed by atoms with Crippen LogP contribution in [0, 0.1) is 11.3 Å². The predicted molar refractivity (Wildman–Crippen MR) is 91.5 cm³/mol. The highest BCUT2D eigenvalue weighted by Crippen LogP contribution is 2.33. The minimum atomic E-state index is -0.0392. The zero-order chi connectivity index (χ0) is 16.3. The molecule has 1 aliphatic rings.